The second kappa shape index (κ2) is 44.8. The number of nitriles is 4. The van der Waals surface area contributed by atoms with E-state index in [9.17, 15) is 19.2 Å². The molecule has 4 atom stereocenters. The van der Waals surface area contributed by atoms with Crippen LogP contribution in [0.1, 0.15) is 304 Å². The van der Waals surface area contributed by atoms with Gasteiger partial charge in [-0.05, 0) is 325 Å². The molecule has 0 saturated carbocycles. The largest absolute Gasteiger partial charge is 0.381 e. The quantitative estimate of drug-likeness (QED) is 0.0662. The van der Waals surface area contributed by atoms with Crippen molar-refractivity contribution in [3.05, 3.63) is 302 Å². The Morgan fingerprint density at radius 3 is 1.00 bits per heavy atom. The second-order valence-electron chi connectivity index (χ2n) is 41.2. The monoisotopic (exact) mass is 1910 g/mol. The fraction of sp³-hybridized carbons (Fsp3) is 0.424. The lowest BCUT2D eigenvalue weighted by atomic mass is 9.88. The van der Waals surface area contributed by atoms with E-state index in [1.165, 1.54) is 52.2 Å². The number of aromatic nitrogens is 8. The van der Waals surface area contributed by atoms with Gasteiger partial charge in [0, 0.05) is 191 Å². The number of ether oxygens (including phenoxy) is 1. The van der Waals surface area contributed by atoms with Crippen LogP contribution in [0.3, 0.4) is 0 Å². The molecule has 12 aromatic rings. The molecular weight excluding hydrogens is 1780 g/mol. The van der Waals surface area contributed by atoms with Gasteiger partial charge in [0.25, 0.3) is 23.6 Å². The zero-order valence-corrected chi connectivity index (χ0v) is 85.6. The molecule has 6 N–H and O–H groups in total. The summed E-state index contributed by atoms with van der Waals surface area (Å²) in [5.74, 6) is 5.55. The van der Waals surface area contributed by atoms with Crippen molar-refractivity contribution in [2.75, 3.05) is 92.8 Å². The van der Waals surface area contributed by atoms with E-state index in [1.807, 2.05) is 120 Å². The number of likely N-dealkylation sites (N-methyl/N-ethyl adjacent to an activating group) is 2. The van der Waals surface area contributed by atoms with Gasteiger partial charge >= 0.3 is 0 Å². The number of imidazole rings is 4. The van der Waals surface area contributed by atoms with Gasteiger partial charge in [-0.25, -0.2) is 19.9 Å². The summed E-state index contributed by atoms with van der Waals surface area (Å²) in [5, 5.41) is 43.1. The Hall–Kier alpha value is -13.8. The molecule has 0 aliphatic carbocycles. The van der Waals surface area contributed by atoms with Crippen LogP contribution in [0.15, 0.2) is 146 Å². The maximum Gasteiger partial charge on any atom is 0.254 e. The first-order valence-electron chi connectivity index (χ1n) is 51.5. The van der Waals surface area contributed by atoms with E-state index in [4.69, 9.17) is 45.7 Å². The van der Waals surface area contributed by atoms with E-state index in [2.05, 4.69) is 207 Å². The molecule has 4 aromatic heterocycles. The Kier molecular flexibility index (Phi) is 31.6. The van der Waals surface area contributed by atoms with Crippen LogP contribution < -0.4 is 10.6 Å². The summed E-state index contributed by atoms with van der Waals surface area (Å²) < 4.78 is 4.94. The number of hydrogen-bond donors (Lipinski definition) is 6. The van der Waals surface area contributed by atoms with Crippen LogP contribution in [-0.2, 0) is 43.5 Å². The van der Waals surface area contributed by atoms with Gasteiger partial charge in [0.1, 0.15) is 23.3 Å². The number of fused-ring (bicyclic) bond motifs is 4. The highest BCUT2D eigenvalue weighted by Gasteiger charge is 2.36. The molecule has 143 heavy (non-hydrogen) atoms. The van der Waals surface area contributed by atoms with Crippen molar-refractivity contribution < 1.29 is 23.9 Å². The van der Waals surface area contributed by atoms with Crippen LogP contribution in [0.5, 0.6) is 0 Å². The fourth-order valence-electron chi connectivity index (χ4n) is 22.2. The Morgan fingerprint density at radius 2 is 0.671 bits per heavy atom. The van der Waals surface area contributed by atoms with Crippen LogP contribution in [0.25, 0.3) is 45.6 Å². The minimum Gasteiger partial charge on any atom is -0.381 e. The summed E-state index contributed by atoms with van der Waals surface area (Å²) in [6.07, 6.45) is 13.8. The van der Waals surface area contributed by atoms with Crippen molar-refractivity contribution in [3.8, 4) is 69.8 Å². The maximum absolute atomic E-state index is 13.6. The molecule has 738 valence electrons. The molecule has 21 rings (SSSR count). The number of carbonyl (C=O) groups excluding carboxylic acids is 4. The van der Waals surface area contributed by atoms with Gasteiger partial charge in [0.15, 0.2) is 0 Å². The molecular formula is C118H136N20O5. The lowest BCUT2D eigenvalue weighted by Crippen LogP contribution is -2.38. The van der Waals surface area contributed by atoms with Crippen LogP contribution in [-0.4, -0.2) is 198 Å². The summed E-state index contributed by atoms with van der Waals surface area (Å²) in [6.45, 7) is 36.8. The third-order valence-electron chi connectivity index (χ3n) is 31.4. The van der Waals surface area contributed by atoms with E-state index in [0.29, 0.717) is 58.0 Å². The third kappa shape index (κ3) is 22.8. The minimum atomic E-state index is 0.100. The number of benzene rings is 8. The van der Waals surface area contributed by atoms with Crippen molar-refractivity contribution in [2.24, 2.45) is 0 Å². The smallest absolute Gasteiger partial charge is 0.254 e. The summed E-state index contributed by atoms with van der Waals surface area (Å²) >= 11 is 0. The molecule has 25 heteroatoms. The van der Waals surface area contributed by atoms with Gasteiger partial charge in [-0.3, -0.25) is 29.0 Å². The predicted octanol–water partition coefficient (Wildman–Crippen LogP) is 20.3. The highest BCUT2D eigenvalue weighted by atomic mass is 16.5. The summed E-state index contributed by atoms with van der Waals surface area (Å²) in [5.41, 5.74) is 32.6. The van der Waals surface area contributed by atoms with Gasteiger partial charge < -0.3 is 54.9 Å². The highest BCUT2D eigenvalue weighted by Crippen LogP contribution is 2.41. The SMILES string of the molecule is C1CCOC1.Cc1cc(C)c(-c2nc3c([nH]2)CCN(C)C3C)cc1C(=O)N1CCC(c2ccc(C#N)cc2)CC1.Cc1cc(C)c(-c2nc3c([nH]2)CCNC3C)cc1C(=O)N1CCC(c2ccc(C#N)cc2)CC1.Cc1cc(C)c(-c2nc3c([nH]2)CN(C)C(C)C3)cc1C(=O)N1CCC(c2ccc(C#N)cc2)CC1.Cc1cc(C)c(-c2nc3c([nH]2)CNC(C)C3)cc1C(=O)N1CCC(c2ccc(C#N)cc2)CC1. The number of nitrogens with one attached hydrogen (secondary N) is 6. The van der Waals surface area contributed by atoms with Crippen molar-refractivity contribution >= 4 is 23.6 Å². The lowest BCUT2D eigenvalue weighted by molar-refractivity contribution is 0.0704. The number of likely N-dealkylation sites (tertiary alicyclic amines) is 4. The Morgan fingerprint density at radius 1 is 0.357 bits per heavy atom. The molecule has 25 nitrogen and oxygen atoms in total. The van der Waals surface area contributed by atoms with E-state index < -0.39 is 0 Å². The first-order chi connectivity index (χ1) is 69.0. The maximum atomic E-state index is 13.6. The topological polar surface area (TPSA) is 331 Å². The number of nitrogens with zero attached hydrogens (tertiary/aromatic N) is 14. The van der Waals surface area contributed by atoms with Crippen molar-refractivity contribution in [1.29, 1.82) is 21.0 Å². The highest BCUT2D eigenvalue weighted by molar-refractivity contribution is 6.00. The average Bonchev–Trinajstić information content (AvgIpc) is 1.65. The molecule has 0 spiro atoms. The second-order valence-corrected chi connectivity index (χ2v) is 41.2. The summed E-state index contributed by atoms with van der Waals surface area (Å²) in [7, 11) is 4.28. The summed E-state index contributed by atoms with van der Waals surface area (Å²) in [4.78, 5) is 101. The number of aryl methyl sites for hydroxylation is 8. The number of aromatic amines is 4. The standard InChI is InChI=1S/2C29H33N5O.2C28H31N5O.C4H8O/c1-18-15-19(2)25(16-24(18)28-31-26-11-12-33(4)20(3)27(26)32-28)29(35)34-13-9-23(10-14-34)22-7-5-21(17-30)6-8-22;1-18-13-19(2)25(15-24(18)28-31-26-14-20(3)33(4)17-27(26)32-28)29(35)34-11-9-23(10-12-34)22-7-5-21(16-30)6-8-22;1-17-14-18(2)24(15-23(17)27-31-25-8-11-30-19(3)26(25)32-27)28(34)33-12-9-22(10-13-33)21-6-4-20(16-29)5-7-21;1-17-12-18(2)24(14-23(17)27-31-25-13-19(3)30-16-26(25)32-27)28(34)33-10-8-22(9-11-33)21-6-4-20(15-29)5-7-21;1-2-4-5-3-1/h5-8,15-16,20,23H,9-14H2,1-4H3,(H,31,32);5-8,13,15,20,23H,9-12,14,17H2,1-4H3,(H,31,32);4-7,14-15,19,22,30H,8-13H2,1-3H3,(H,31,32);4-7,12,14,19,22,30H,8-11,13,16H2,1-3H3,(H,31,32);1-4H2. The number of hydrogen-bond acceptors (Lipinski definition) is 17. The lowest BCUT2D eigenvalue weighted by Gasteiger charge is -2.32. The normalized spacial score (nSPS) is 18.8. The Balaban J connectivity index is 0.000000129. The molecule has 4 amide bonds. The van der Waals surface area contributed by atoms with Gasteiger partial charge in [0.05, 0.1) is 86.7 Å². The molecule has 5 fully saturated rings. The molecule has 4 unspecified atom stereocenters. The molecule has 13 heterocycles. The zero-order valence-electron chi connectivity index (χ0n) is 85.6. The van der Waals surface area contributed by atoms with E-state index in [1.54, 1.807) is 0 Å². The van der Waals surface area contributed by atoms with E-state index >= 15 is 0 Å². The van der Waals surface area contributed by atoms with Gasteiger partial charge in [-0.2, -0.15) is 21.0 Å². The van der Waals surface area contributed by atoms with Crippen LogP contribution >= 0.6 is 0 Å². The van der Waals surface area contributed by atoms with Gasteiger partial charge in [-0.1, -0.05) is 72.8 Å². The van der Waals surface area contributed by atoms with Crippen molar-refractivity contribution in [2.45, 2.75) is 234 Å². The average molecular weight is 1910 g/mol. The van der Waals surface area contributed by atoms with E-state index in [0.717, 1.165) is 310 Å². The first kappa shape index (κ1) is 101. The number of amides is 4. The zero-order chi connectivity index (χ0) is 101. The van der Waals surface area contributed by atoms with Gasteiger partial charge in [-0.15, -0.1) is 0 Å². The van der Waals surface area contributed by atoms with E-state index in [-0.39, 0.29) is 35.7 Å². The predicted molar refractivity (Wildman–Crippen MR) is 560 cm³/mol. The van der Waals surface area contributed by atoms with Gasteiger partial charge in [0.2, 0.25) is 0 Å². The molecule has 9 aliphatic rings. The molecule has 0 bridgehead atoms. The molecule has 0 radical (unpaired) electrons. The Labute approximate surface area is 842 Å². The number of piperidine rings is 4. The number of rotatable bonds is 12. The van der Waals surface area contributed by atoms with Crippen LogP contribution in [0, 0.1) is 101 Å². The molecule has 5 saturated heterocycles. The molecule has 9 aliphatic heterocycles. The summed E-state index contributed by atoms with van der Waals surface area (Å²) in [6, 6.07) is 58.2. The van der Waals surface area contributed by atoms with Crippen LogP contribution in [0.4, 0.5) is 0 Å². The Bertz CT molecular complexity index is 6780. The minimum absolute atomic E-state index is 0.100. The van der Waals surface area contributed by atoms with Crippen molar-refractivity contribution in [3.63, 3.8) is 0 Å². The first-order valence-corrected chi connectivity index (χ1v) is 51.5. The van der Waals surface area contributed by atoms with Crippen molar-refractivity contribution in [1.82, 2.24) is 79.9 Å². The number of H-pyrrole nitrogens is 4. The molecule has 8 aromatic carbocycles. The van der Waals surface area contributed by atoms with Crippen LogP contribution in [0.2, 0.25) is 0 Å². The third-order valence-corrected chi connectivity index (χ3v) is 31.4. The fourth-order valence-corrected chi connectivity index (χ4v) is 22.2. The number of carbonyl (C=O) groups is 4.